The first kappa shape index (κ1) is 40.5. The lowest BCUT2D eigenvalue weighted by Crippen LogP contribution is -2.53. The van der Waals surface area contributed by atoms with Gasteiger partial charge in [-0.15, -0.1) is 0 Å². The van der Waals surface area contributed by atoms with Gasteiger partial charge in [-0.3, -0.25) is 9.59 Å². The lowest BCUT2D eigenvalue weighted by atomic mass is 9.92. The Bertz CT molecular complexity index is 2500. The zero-order valence-electron chi connectivity index (χ0n) is 33.5. The molecule has 60 heavy (non-hydrogen) atoms. The molecule has 0 saturated carbocycles. The van der Waals surface area contributed by atoms with Crippen LogP contribution in [0.3, 0.4) is 0 Å². The molecule has 5 heterocycles. The van der Waals surface area contributed by atoms with E-state index < -0.39 is 28.1 Å². The predicted octanol–water partition coefficient (Wildman–Crippen LogP) is 5.52. The minimum atomic E-state index is -3.15. The lowest BCUT2D eigenvalue weighted by molar-refractivity contribution is -0.136. The molecule has 17 heteroatoms. The highest BCUT2D eigenvalue weighted by molar-refractivity contribution is 7.91. The van der Waals surface area contributed by atoms with Crippen molar-refractivity contribution >= 4 is 44.6 Å². The lowest BCUT2D eigenvalue weighted by Gasteiger charge is -2.34. The highest BCUT2D eigenvalue weighted by atomic mass is 32.2. The van der Waals surface area contributed by atoms with E-state index >= 15 is 0 Å². The minimum Gasteiger partial charge on any atom is -0.453 e. The number of aromatic nitrogens is 4. The first-order chi connectivity index (χ1) is 29.0. The van der Waals surface area contributed by atoms with Crippen LogP contribution in [-0.2, 0) is 28.9 Å². The molecule has 5 aromatic rings. The van der Waals surface area contributed by atoms with Crippen molar-refractivity contribution in [2.45, 2.75) is 56.7 Å². The van der Waals surface area contributed by atoms with Crippen molar-refractivity contribution in [3.8, 4) is 33.6 Å². The number of H-pyrrole nitrogens is 2. The van der Waals surface area contributed by atoms with Crippen LogP contribution in [0.25, 0.3) is 44.4 Å². The number of alkyl carbamates (subject to hydrolysis) is 2. The van der Waals surface area contributed by atoms with Crippen LogP contribution in [0, 0.1) is 5.92 Å². The van der Waals surface area contributed by atoms with Crippen LogP contribution in [-0.4, -0.2) is 114 Å². The number of imidazole rings is 2. The molecule has 3 aromatic carbocycles. The monoisotopic (exact) mass is 836 g/mol. The maximum atomic E-state index is 14.0. The number of hydrogen-bond acceptors (Lipinski definition) is 10. The maximum absolute atomic E-state index is 14.0. The summed E-state index contributed by atoms with van der Waals surface area (Å²) in [6, 6.07) is 19.4. The van der Waals surface area contributed by atoms with E-state index in [2.05, 4.69) is 83.8 Å². The minimum absolute atomic E-state index is 0.0156. The normalized spacial score (nSPS) is 19.6. The van der Waals surface area contributed by atoms with E-state index in [1.807, 2.05) is 12.1 Å². The molecule has 3 atom stereocenters. The van der Waals surface area contributed by atoms with E-state index in [1.54, 1.807) is 22.2 Å². The number of hydrogen-bond donors (Lipinski definition) is 4. The van der Waals surface area contributed by atoms with Gasteiger partial charge < -0.3 is 39.9 Å². The third kappa shape index (κ3) is 8.57. The van der Waals surface area contributed by atoms with Gasteiger partial charge in [0.05, 0.1) is 61.6 Å². The van der Waals surface area contributed by atoms with Crippen LogP contribution in [0.2, 0.25) is 0 Å². The molecular formula is C43H48N8O8S. The zero-order valence-corrected chi connectivity index (χ0v) is 34.3. The second kappa shape index (κ2) is 17.2. The molecule has 8 rings (SSSR count). The first-order valence-corrected chi connectivity index (χ1v) is 22.0. The Balaban J connectivity index is 0.930. The average molecular weight is 837 g/mol. The number of benzene rings is 3. The Morgan fingerprint density at radius 3 is 1.88 bits per heavy atom. The van der Waals surface area contributed by atoms with Crippen LogP contribution >= 0.6 is 0 Å². The van der Waals surface area contributed by atoms with Gasteiger partial charge in [0, 0.05) is 18.7 Å². The third-order valence-corrected chi connectivity index (χ3v) is 13.7. The van der Waals surface area contributed by atoms with Crippen molar-refractivity contribution < 1.29 is 37.1 Å². The van der Waals surface area contributed by atoms with Gasteiger partial charge in [-0.1, -0.05) is 48.5 Å². The highest BCUT2D eigenvalue weighted by Gasteiger charge is 2.41. The molecule has 0 bridgehead atoms. The smallest absolute Gasteiger partial charge is 0.407 e. The summed E-state index contributed by atoms with van der Waals surface area (Å²) in [4.78, 5) is 70.3. The van der Waals surface area contributed by atoms with E-state index in [-0.39, 0.29) is 47.9 Å². The molecule has 314 valence electrons. The second-order valence-electron chi connectivity index (χ2n) is 15.6. The molecule has 2 aromatic heterocycles. The molecular weight excluding hydrogens is 789 g/mol. The van der Waals surface area contributed by atoms with Crippen molar-refractivity contribution in [3.05, 3.63) is 84.7 Å². The Hall–Kier alpha value is -6.23. The van der Waals surface area contributed by atoms with Crippen molar-refractivity contribution in [2.24, 2.45) is 5.92 Å². The van der Waals surface area contributed by atoms with Gasteiger partial charge in [-0.25, -0.2) is 28.0 Å². The summed E-state index contributed by atoms with van der Waals surface area (Å²) >= 11 is 0. The molecule has 3 fully saturated rings. The van der Waals surface area contributed by atoms with Gasteiger partial charge in [-0.2, -0.15) is 0 Å². The number of likely N-dealkylation sites (tertiary alicyclic amines) is 2. The molecule has 4 amide bonds. The van der Waals surface area contributed by atoms with Crippen LogP contribution in [0.5, 0.6) is 0 Å². The summed E-state index contributed by atoms with van der Waals surface area (Å²) in [5, 5.41) is 7.31. The SMILES string of the molecule is COC(=O)NCC(=O)N1CCC[C@H]1c1ncc(-c2ccc3cc(-c4ccc(-c5cnc([C@@H]6CCCN6C(=O)C(NC(=O)OC)C6CCS(=O)(=O)CC6)[nH]5)cc4)ccc3c2)[nH]1. The zero-order chi connectivity index (χ0) is 42.0. The summed E-state index contributed by atoms with van der Waals surface area (Å²) in [6.45, 7) is 0.959. The Kier molecular flexibility index (Phi) is 11.6. The van der Waals surface area contributed by atoms with Crippen molar-refractivity contribution in [1.82, 2.24) is 40.4 Å². The van der Waals surface area contributed by atoms with Crippen LogP contribution < -0.4 is 10.6 Å². The number of carbonyl (C=O) groups is 4. The third-order valence-electron chi connectivity index (χ3n) is 12.0. The Labute approximate surface area is 347 Å². The number of amides is 4. The molecule has 16 nitrogen and oxygen atoms in total. The fourth-order valence-electron chi connectivity index (χ4n) is 8.71. The fraction of sp³-hybridized carbons (Fsp3) is 0.395. The summed E-state index contributed by atoms with van der Waals surface area (Å²) in [5.74, 6) is 0.578. The van der Waals surface area contributed by atoms with Gasteiger partial charge in [0.25, 0.3) is 0 Å². The average Bonchev–Trinajstić information content (AvgIpc) is 4.11. The van der Waals surface area contributed by atoms with E-state index in [1.165, 1.54) is 14.2 Å². The number of rotatable bonds is 10. The van der Waals surface area contributed by atoms with Gasteiger partial charge in [0.15, 0.2) is 0 Å². The van der Waals surface area contributed by atoms with E-state index in [9.17, 15) is 27.6 Å². The summed E-state index contributed by atoms with van der Waals surface area (Å²) < 4.78 is 33.6. The number of aromatic amines is 2. The van der Waals surface area contributed by atoms with Crippen molar-refractivity contribution in [2.75, 3.05) is 45.4 Å². The quantitative estimate of drug-likeness (QED) is 0.139. The van der Waals surface area contributed by atoms with E-state index in [4.69, 9.17) is 4.74 Å². The van der Waals surface area contributed by atoms with Crippen molar-refractivity contribution in [1.29, 1.82) is 0 Å². The molecule has 3 saturated heterocycles. The maximum Gasteiger partial charge on any atom is 0.407 e. The largest absolute Gasteiger partial charge is 0.453 e. The van der Waals surface area contributed by atoms with E-state index in [0.29, 0.717) is 44.0 Å². The number of sulfone groups is 1. The molecule has 0 spiro atoms. The summed E-state index contributed by atoms with van der Waals surface area (Å²) in [6.07, 6.45) is 5.88. The number of nitrogens with one attached hydrogen (secondary N) is 4. The number of fused-ring (bicyclic) bond motifs is 1. The molecule has 0 radical (unpaired) electrons. The number of methoxy groups -OCH3 is 2. The number of nitrogens with zero attached hydrogens (tertiary/aromatic N) is 4. The Morgan fingerprint density at radius 1 is 0.717 bits per heavy atom. The molecule has 3 aliphatic heterocycles. The fourth-order valence-corrected chi connectivity index (χ4v) is 10.2. The van der Waals surface area contributed by atoms with Gasteiger partial charge >= 0.3 is 12.2 Å². The van der Waals surface area contributed by atoms with Gasteiger partial charge in [-0.05, 0) is 84.0 Å². The predicted molar refractivity (Wildman–Crippen MR) is 223 cm³/mol. The van der Waals surface area contributed by atoms with Crippen LogP contribution in [0.1, 0.15) is 62.3 Å². The van der Waals surface area contributed by atoms with Crippen LogP contribution in [0.4, 0.5) is 9.59 Å². The molecule has 3 aliphatic rings. The van der Waals surface area contributed by atoms with Gasteiger partial charge in [0.1, 0.15) is 34.1 Å². The first-order valence-electron chi connectivity index (χ1n) is 20.2. The second-order valence-corrected chi connectivity index (χ2v) is 17.9. The van der Waals surface area contributed by atoms with Crippen LogP contribution in [0.15, 0.2) is 73.1 Å². The number of ether oxygens (including phenoxy) is 2. The molecule has 0 aliphatic carbocycles. The topological polar surface area (TPSA) is 209 Å². The van der Waals surface area contributed by atoms with Crippen molar-refractivity contribution in [3.63, 3.8) is 0 Å². The molecule has 4 N–H and O–H groups in total. The number of carbonyl (C=O) groups excluding carboxylic acids is 4. The Morgan fingerprint density at radius 2 is 1.25 bits per heavy atom. The van der Waals surface area contributed by atoms with Gasteiger partial charge in [0.2, 0.25) is 11.8 Å². The standard InChI is InChI=1S/C43H48N8O8S/c1-58-42(54)46-25-37(52)50-17-3-5-35(50)39-45-24-34(48-39)32-14-13-30-21-29(11-12-31(30)22-32)26-7-9-27(10-8-26)33-23-44-40(47-33)36-6-4-18-51(36)41(53)38(49-43(55)59-2)28-15-19-60(56,57)20-16-28/h7-14,21-24,28,35-36,38H,3-6,15-20,25H2,1-2H3,(H,44,47)(H,45,48)(H,46,54)(H,49,55)/t35-,36-,38?/m0/s1. The molecule has 1 unspecified atom stereocenters. The van der Waals surface area contributed by atoms with E-state index in [0.717, 1.165) is 63.7 Å². The highest BCUT2D eigenvalue weighted by Crippen LogP contribution is 2.36. The summed E-state index contributed by atoms with van der Waals surface area (Å²) in [5.41, 5.74) is 5.70. The summed E-state index contributed by atoms with van der Waals surface area (Å²) in [7, 11) is -0.654.